The number of hydroxylamine groups is 8. The summed E-state index contributed by atoms with van der Waals surface area (Å²) in [6.07, 6.45) is 7.56. The zero-order chi connectivity index (χ0) is 74.8. The Morgan fingerprint density at radius 3 is 1.19 bits per heavy atom. The molecule has 6 aromatic carbocycles. The van der Waals surface area contributed by atoms with E-state index in [1.807, 2.05) is 34.7 Å². The number of fused-ring (bicyclic) bond motifs is 12. The van der Waals surface area contributed by atoms with E-state index in [4.69, 9.17) is 60.9 Å². The van der Waals surface area contributed by atoms with Crippen molar-refractivity contribution in [3.8, 4) is 23.0 Å². The number of phenols is 4. The molecule has 2 saturated heterocycles. The molecule has 4 N–H and O–H groups in total. The predicted octanol–water partition coefficient (Wildman–Crippen LogP) is 14.9. The third-order valence-corrected chi connectivity index (χ3v) is 24.8. The topological polar surface area (TPSA) is 336 Å². The highest BCUT2D eigenvalue weighted by Crippen LogP contribution is 2.57. The minimum absolute atomic E-state index is 0.0357. The first-order valence-electron chi connectivity index (χ1n) is 28.4. The van der Waals surface area contributed by atoms with Gasteiger partial charge in [0.25, 0.3) is 47.3 Å². The molecule has 3 saturated carbocycles. The third-order valence-electron chi connectivity index (χ3n) is 17.2. The minimum Gasteiger partial charge on any atom is -0.506 e. The smallest absolute Gasteiger partial charge is 0.368 e. The van der Waals surface area contributed by atoms with Crippen LogP contribution in [0.1, 0.15) is 109 Å². The van der Waals surface area contributed by atoms with Gasteiger partial charge in [0.2, 0.25) is 0 Å². The minimum atomic E-state index is -2.29. The fourth-order valence-corrected chi connectivity index (χ4v) is 18.3. The van der Waals surface area contributed by atoms with Crippen molar-refractivity contribution in [1.82, 2.24) is 20.3 Å². The van der Waals surface area contributed by atoms with Crippen molar-refractivity contribution in [1.29, 1.82) is 0 Å². The molecular weight excluding hydrogens is 2170 g/mol. The highest BCUT2D eigenvalue weighted by Gasteiger charge is 2.63. The fraction of sp³-hybridized carbons (Fsp3) is 0.194. The van der Waals surface area contributed by atoms with Crippen LogP contribution in [-0.4, -0.2) is 112 Å². The van der Waals surface area contributed by atoms with Gasteiger partial charge < -0.3 is 39.8 Å². The van der Waals surface area contributed by atoms with Gasteiger partial charge in [0.1, 0.15) is 39.7 Å². The molecule has 530 valence electrons. The van der Waals surface area contributed by atoms with Gasteiger partial charge in [-0.3, -0.25) is 38.4 Å². The summed E-state index contributed by atoms with van der Waals surface area (Å²) in [5.74, 6) is -22.5. The second-order valence-electron chi connectivity index (χ2n) is 22.7. The summed E-state index contributed by atoms with van der Waals surface area (Å²) in [6.45, 7) is 0. The standard InChI is InChI=1S/C16H11Br2NO5.C16H13Br2NO5.C15H3Cl4I2NO5.C15H3F4I2NO5/c17-8-4-9(13(20)10(18)5-8)16(23)24-19-14(21)11-6-1-2-7(3-6)12(11)15(19)22;17-9-4-8(5-10(18)13(9)20)16(23)24-19-14(21)11-6-1-2-7(3-6)12(11)15(19)22;2*16-8-6-7(9(17)11(19)10(8)18)14(25)22(13(6)24)27-15(26)5-3(20)1-2-4(21)12(5)23/h1-2,4-7,11-12,20H,3H2;4-7,11-12,20H,1-3H2;2*1-2,23H. The highest BCUT2D eigenvalue weighted by molar-refractivity contribution is 14.1. The lowest BCUT2D eigenvalue weighted by Gasteiger charge is -2.18. The Balaban J connectivity index is 0.000000137. The quantitative estimate of drug-likeness (QED) is 0.0275. The van der Waals surface area contributed by atoms with Gasteiger partial charge in [-0.05, 0) is 236 Å². The van der Waals surface area contributed by atoms with Crippen LogP contribution in [0.4, 0.5) is 17.6 Å². The summed E-state index contributed by atoms with van der Waals surface area (Å²) in [6, 6.07) is 11.7. The van der Waals surface area contributed by atoms with Gasteiger partial charge >= 0.3 is 23.9 Å². The molecule has 4 aliphatic heterocycles. The van der Waals surface area contributed by atoms with Crippen molar-refractivity contribution < 1.29 is 115 Å². The molecule has 14 rings (SSSR count). The number of allylic oxidation sites excluding steroid dienone is 2. The van der Waals surface area contributed by atoms with Gasteiger partial charge in [-0.2, -0.15) is 0 Å². The summed E-state index contributed by atoms with van der Waals surface area (Å²) in [7, 11) is 0. The van der Waals surface area contributed by atoms with Crippen LogP contribution in [0.2, 0.25) is 20.1 Å². The zero-order valence-electron chi connectivity index (χ0n) is 49.4. The number of aromatic hydroxyl groups is 4. The molecule has 8 atom stereocenters. The number of rotatable bonds is 8. The van der Waals surface area contributed by atoms with Crippen LogP contribution in [-0.2, 0) is 38.5 Å². The maximum atomic E-state index is 13.8. The van der Waals surface area contributed by atoms with Crippen LogP contribution in [0.25, 0.3) is 0 Å². The van der Waals surface area contributed by atoms with E-state index in [0.717, 1.165) is 25.7 Å². The van der Waals surface area contributed by atoms with Crippen LogP contribution in [0.3, 0.4) is 0 Å². The van der Waals surface area contributed by atoms with E-state index in [1.165, 1.54) is 30.3 Å². The maximum absolute atomic E-state index is 13.8. The first kappa shape index (κ1) is 77.5. The Hall–Kier alpha value is -5.58. The number of carbonyl (C=O) groups excluding carboxylic acids is 12. The molecular formula is C62H30Br4Cl4F4I4N4O20. The van der Waals surface area contributed by atoms with E-state index in [0.29, 0.717) is 35.2 Å². The van der Waals surface area contributed by atoms with Crippen molar-refractivity contribution in [2.75, 3.05) is 0 Å². The SMILES string of the molecule is O=C(ON1C(=O)C2C3C=CC(C3)C2C1=O)c1cc(Br)cc(Br)c1O.O=C(ON1C(=O)C2C3CCC(C3)C2C1=O)c1cc(Br)c(O)c(Br)c1.O=C(ON1C(=O)c2c(Cl)c(Cl)c(Cl)c(Cl)c2C1=O)c1c(I)ccc(I)c1O.O=C(ON1C(=O)c2c(F)c(F)c(F)c(F)c2C1=O)c1c(I)ccc(I)c1O. The average Bonchev–Trinajstić information content (AvgIpc) is 1.64. The molecule has 4 heterocycles. The van der Waals surface area contributed by atoms with Crippen LogP contribution in [0.15, 0.2) is 78.6 Å². The van der Waals surface area contributed by atoms with Crippen molar-refractivity contribution in [2.24, 2.45) is 47.3 Å². The fourth-order valence-electron chi connectivity index (χ4n) is 12.7. The summed E-state index contributed by atoms with van der Waals surface area (Å²) in [4.78, 5) is 168. The Labute approximate surface area is 675 Å². The number of benzene rings is 6. The number of phenolic OH excluding ortho intramolecular Hbond substituents is 4. The summed E-state index contributed by atoms with van der Waals surface area (Å²) >= 11 is 43.4. The number of hydrogen-bond donors (Lipinski definition) is 4. The molecule has 4 aliphatic carbocycles. The molecule has 6 aromatic rings. The molecule has 8 unspecified atom stereocenters. The average molecular weight is 2200 g/mol. The second-order valence-corrected chi connectivity index (χ2v) is 32.4. The third kappa shape index (κ3) is 13.6. The number of hydrogen-bond acceptors (Lipinski definition) is 20. The molecule has 4 bridgehead atoms. The van der Waals surface area contributed by atoms with Gasteiger partial charge in [0.15, 0.2) is 23.3 Å². The lowest BCUT2D eigenvalue weighted by molar-refractivity contribution is -0.176. The number of nitrogens with zero attached hydrogens (tertiary/aromatic N) is 4. The number of halogens is 16. The van der Waals surface area contributed by atoms with Gasteiger partial charge in [-0.15, -0.1) is 10.1 Å². The van der Waals surface area contributed by atoms with E-state index >= 15 is 0 Å². The zero-order valence-corrected chi connectivity index (χ0v) is 67.4. The Bertz CT molecular complexity index is 4590. The molecule has 8 amide bonds. The van der Waals surface area contributed by atoms with E-state index in [9.17, 15) is 95.5 Å². The molecule has 102 heavy (non-hydrogen) atoms. The molecule has 0 radical (unpaired) electrons. The summed E-state index contributed by atoms with van der Waals surface area (Å²) in [5, 5.41) is 39.9. The van der Waals surface area contributed by atoms with E-state index in [-0.39, 0.29) is 118 Å². The highest BCUT2D eigenvalue weighted by atomic mass is 127. The molecule has 40 heteroatoms. The molecule has 5 fully saturated rings. The Morgan fingerprint density at radius 2 is 0.775 bits per heavy atom. The lowest BCUT2D eigenvalue weighted by atomic mass is 9.81. The molecule has 24 nitrogen and oxygen atoms in total. The van der Waals surface area contributed by atoms with Gasteiger partial charge in [0.05, 0.1) is 92.1 Å². The monoisotopic (exact) mass is 2190 g/mol. The first-order chi connectivity index (χ1) is 47.9. The van der Waals surface area contributed by atoms with Crippen LogP contribution in [0, 0.1) is 84.9 Å². The van der Waals surface area contributed by atoms with E-state index < -0.39 is 129 Å². The van der Waals surface area contributed by atoms with Crippen LogP contribution < -0.4 is 0 Å². The lowest BCUT2D eigenvalue weighted by Crippen LogP contribution is -2.35. The van der Waals surface area contributed by atoms with Crippen molar-refractivity contribution >= 4 is 272 Å². The van der Waals surface area contributed by atoms with Crippen molar-refractivity contribution in [2.45, 2.75) is 25.7 Å². The van der Waals surface area contributed by atoms with Crippen LogP contribution in [0.5, 0.6) is 23.0 Å². The number of amides is 8. The van der Waals surface area contributed by atoms with Gasteiger partial charge in [0, 0.05) is 11.6 Å². The predicted molar refractivity (Wildman–Crippen MR) is 389 cm³/mol. The largest absolute Gasteiger partial charge is 0.506 e. The van der Waals surface area contributed by atoms with E-state index in [1.54, 1.807) is 86.0 Å². The number of carbonyl (C=O) groups is 12. The molecule has 8 aliphatic rings. The Kier molecular flexibility index (Phi) is 22.8. The van der Waals surface area contributed by atoms with Crippen LogP contribution >= 0.6 is 200 Å². The molecule has 0 aromatic heterocycles. The normalized spacial score (nSPS) is 21.3. The van der Waals surface area contributed by atoms with Crippen molar-refractivity contribution in [3.63, 3.8) is 0 Å². The second kappa shape index (κ2) is 30.0. The maximum Gasteiger partial charge on any atom is 0.368 e. The first-order valence-corrected chi connectivity index (χ1v) is 37.4. The Morgan fingerprint density at radius 1 is 0.422 bits per heavy atom. The molecule has 0 spiro atoms. The summed E-state index contributed by atoms with van der Waals surface area (Å²) in [5.41, 5.74) is -4.09. The van der Waals surface area contributed by atoms with Gasteiger partial charge in [-0.25, -0.2) is 36.7 Å². The van der Waals surface area contributed by atoms with E-state index in [2.05, 4.69) is 68.6 Å². The van der Waals surface area contributed by atoms with Gasteiger partial charge in [-0.1, -0.05) is 84.6 Å². The van der Waals surface area contributed by atoms with Crippen molar-refractivity contribution in [3.05, 3.63) is 181 Å². The number of imide groups is 4. The summed E-state index contributed by atoms with van der Waals surface area (Å²) < 4.78 is 56.9.